The maximum Gasteiger partial charge on any atom is 4.00 e. The standard InChI is InChI=1S/C3H8N.C2H4N.CH3.Ru/c1-2-3-4;1-2-3;;/h1-4H2;2H,1H3;1H3;/q3*-1;+4. The van der Waals surface area contributed by atoms with E-state index in [9.17, 15) is 0 Å². The van der Waals surface area contributed by atoms with Crippen molar-refractivity contribution >= 4 is 6.21 Å². The summed E-state index contributed by atoms with van der Waals surface area (Å²) in [6.45, 7) is 5.74. The molecule has 0 aromatic heterocycles. The van der Waals surface area contributed by atoms with Gasteiger partial charge in [-0.15, -0.1) is 0 Å². The second kappa shape index (κ2) is 41.0. The minimum Gasteiger partial charge on any atom is -0.814 e. The zero-order valence-corrected chi connectivity index (χ0v) is 7.81. The molecule has 0 aromatic rings. The average Bonchev–Trinajstić information content (AvgIpc) is 1.69. The third kappa shape index (κ3) is 205. The van der Waals surface area contributed by atoms with Gasteiger partial charge in [-0.05, 0) is 6.54 Å². The van der Waals surface area contributed by atoms with Crippen LogP contribution in [0.5, 0.6) is 0 Å². The van der Waals surface area contributed by atoms with E-state index in [-0.39, 0.29) is 26.9 Å². The Bertz CT molecular complexity index is 30.2. The molecule has 0 fully saturated rings. The first-order valence-corrected chi connectivity index (χ1v) is 2.24. The molecule has 2 N–H and O–H groups in total. The van der Waals surface area contributed by atoms with Gasteiger partial charge in [-0.1, -0.05) is 6.92 Å². The van der Waals surface area contributed by atoms with Gasteiger partial charge in [-0.25, -0.2) is 6.21 Å². The molecule has 0 saturated heterocycles. The first-order valence-electron chi connectivity index (χ1n) is 2.24. The zero-order valence-electron chi connectivity index (χ0n) is 6.08. The molecule has 0 bridgehead atoms. The van der Waals surface area contributed by atoms with Crippen LogP contribution < -0.4 is 5.73 Å². The second-order valence-electron chi connectivity index (χ2n) is 0.900. The van der Waals surface area contributed by atoms with Crippen LogP contribution in [0.2, 0.25) is 0 Å². The monoisotopic (exact) mass is 217 g/mol. The Hall–Kier alpha value is 0.253. The van der Waals surface area contributed by atoms with Crippen LogP contribution in [0.1, 0.15) is 13.3 Å². The van der Waals surface area contributed by atoms with Gasteiger partial charge in [0.05, 0.1) is 0 Å². The van der Waals surface area contributed by atoms with Crippen molar-refractivity contribution in [2.45, 2.75) is 13.3 Å². The van der Waals surface area contributed by atoms with Gasteiger partial charge in [-0.3, -0.25) is 0 Å². The Kier molecular flexibility index (Phi) is 104. The van der Waals surface area contributed by atoms with Crippen molar-refractivity contribution in [3.05, 3.63) is 19.8 Å². The minimum absolute atomic E-state index is 0. The molecule has 9 heavy (non-hydrogen) atoms. The van der Waals surface area contributed by atoms with Crippen LogP contribution in [0.25, 0.3) is 5.41 Å². The molecule has 0 heterocycles. The second-order valence-corrected chi connectivity index (χ2v) is 0.900. The van der Waals surface area contributed by atoms with Crippen LogP contribution in [0.15, 0.2) is 0 Å². The predicted molar refractivity (Wildman–Crippen MR) is 40.5 cm³/mol. The van der Waals surface area contributed by atoms with E-state index in [0.717, 1.165) is 12.6 Å². The molecule has 0 spiro atoms. The van der Waals surface area contributed by atoms with Gasteiger partial charge >= 0.3 is 19.5 Å². The van der Waals surface area contributed by atoms with Crippen molar-refractivity contribution in [2.75, 3.05) is 6.54 Å². The Morgan fingerprint density at radius 1 is 1.67 bits per heavy atom. The summed E-state index contributed by atoms with van der Waals surface area (Å²) < 4.78 is 0. The summed E-state index contributed by atoms with van der Waals surface area (Å²) in [5.41, 5.74) is 4.97. The number of rotatable bonds is 1. The van der Waals surface area contributed by atoms with E-state index in [0.29, 0.717) is 6.54 Å². The first-order chi connectivity index (χ1) is 3.33. The van der Waals surface area contributed by atoms with Crippen LogP contribution in [-0.2, 0) is 19.5 Å². The maximum absolute atomic E-state index is 7.44. The largest absolute Gasteiger partial charge is 4.00 e. The number of hydrogen-bond donors (Lipinski definition) is 1. The van der Waals surface area contributed by atoms with E-state index in [1.807, 2.05) is 0 Å². The number of nitrogens with zero attached hydrogens (tertiary/aromatic N) is 1. The summed E-state index contributed by atoms with van der Waals surface area (Å²) in [4.78, 5) is 0. The smallest absolute Gasteiger partial charge is 0.814 e. The fourth-order valence-corrected chi connectivity index (χ4v) is 0. The van der Waals surface area contributed by atoms with Crippen LogP contribution in [0, 0.1) is 14.4 Å². The maximum atomic E-state index is 7.44. The fraction of sp³-hybridized carbons (Fsp3) is 0.500. The molecule has 0 unspecified atom stereocenters. The fourth-order valence-electron chi connectivity index (χ4n) is 0. The SMILES string of the molecule is CC=[N-].[CH2-]CCN.[CH3-].[Ru+4]. The summed E-state index contributed by atoms with van der Waals surface area (Å²) >= 11 is 0. The first kappa shape index (κ1) is 22.8. The van der Waals surface area contributed by atoms with Crippen LogP contribution in [0.4, 0.5) is 0 Å². The topological polar surface area (TPSA) is 48.3 Å². The van der Waals surface area contributed by atoms with Crippen molar-refractivity contribution in [1.29, 1.82) is 0 Å². The Labute approximate surface area is 71.5 Å². The third-order valence-electron chi connectivity index (χ3n) is 0.204. The van der Waals surface area contributed by atoms with Gasteiger partial charge in [0, 0.05) is 0 Å². The van der Waals surface area contributed by atoms with E-state index < -0.39 is 0 Å². The van der Waals surface area contributed by atoms with Gasteiger partial charge in [0.1, 0.15) is 0 Å². The molecule has 0 aliphatic rings. The van der Waals surface area contributed by atoms with Crippen molar-refractivity contribution in [1.82, 2.24) is 0 Å². The zero-order chi connectivity index (χ0) is 6.12. The average molecular weight is 216 g/mol. The molecule has 0 atom stereocenters. The van der Waals surface area contributed by atoms with E-state index in [1.165, 1.54) is 0 Å². The molecular weight excluding hydrogens is 201 g/mol. The molecule has 0 rings (SSSR count). The van der Waals surface area contributed by atoms with E-state index in [2.05, 4.69) is 6.92 Å². The molecule has 0 aliphatic heterocycles. The Balaban J connectivity index is -0.0000000233. The van der Waals surface area contributed by atoms with E-state index in [4.69, 9.17) is 11.1 Å². The number of hydrogen-bond acceptors (Lipinski definition) is 1. The molecule has 3 heteroatoms. The van der Waals surface area contributed by atoms with Crippen LogP contribution in [-0.4, -0.2) is 12.8 Å². The molecule has 0 aromatic carbocycles. The van der Waals surface area contributed by atoms with Crippen molar-refractivity contribution in [2.24, 2.45) is 5.73 Å². The molecule has 56 valence electrons. The summed E-state index contributed by atoms with van der Waals surface area (Å²) in [6.07, 6.45) is 1.85. The van der Waals surface area contributed by atoms with E-state index in [1.54, 1.807) is 6.92 Å². The van der Waals surface area contributed by atoms with Gasteiger partial charge in [0.2, 0.25) is 0 Å². The molecule has 0 aliphatic carbocycles. The minimum atomic E-state index is 0. The molecule has 0 amide bonds. The summed E-state index contributed by atoms with van der Waals surface area (Å²) in [6, 6.07) is 0. The predicted octanol–water partition coefficient (Wildman–Crippen LogP) is 1.26. The van der Waals surface area contributed by atoms with Crippen LogP contribution in [0.3, 0.4) is 0 Å². The number of nitrogens with two attached hydrogens (primary N) is 1. The van der Waals surface area contributed by atoms with Gasteiger partial charge in [0.15, 0.2) is 0 Å². The van der Waals surface area contributed by atoms with Crippen LogP contribution >= 0.6 is 0 Å². The van der Waals surface area contributed by atoms with Gasteiger partial charge in [-0.2, -0.15) is 6.42 Å². The summed E-state index contributed by atoms with van der Waals surface area (Å²) in [7, 11) is 0. The van der Waals surface area contributed by atoms with Gasteiger partial charge in [0.25, 0.3) is 0 Å². The molecule has 0 radical (unpaired) electrons. The molecular formula is C6H15N2Ru+. The summed E-state index contributed by atoms with van der Waals surface area (Å²) in [5.74, 6) is 0. The molecule has 0 saturated carbocycles. The Morgan fingerprint density at radius 3 is 1.78 bits per heavy atom. The van der Waals surface area contributed by atoms with E-state index >= 15 is 0 Å². The van der Waals surface area contributed by atoms with Gasteiger partial charge < -0.3 is 25.5 Å². The summed E-state index contributed by atoms with van der Waals surface area (Å²) in [5, 5.41) is 7.44. The van der Waals surface area contributed by atoms with Crippen molar-refractivity contribution < 1.29 is 19.5 Å². The molecule has 2 nitrogen and oxygen atoms in total. The van der Waals surface area contributed by atoms with Crippen molar-refractivity contribution in [3.8, 4) is 0 Å². The normalized spacial score (nSPS) is 4.78. The van der Waals surface area contributed by atoms with Crippen molar-refractivity contribution in [3.63, 3.8) is 0 Å². The third-order valence-corrected chi connectivity index (χ3v) is 0.204. The Morgan fingerprint density at radius 2 is 1.78 bits per heavy atom. The quantitative estimate of drug-likeness (QED) is 0.400.